The number of hydrogen-bond acceptors (Lipinski definition) is 3. The van der Waals surface area contributed by atoms with Crippen molar-refractivity contribution in [1.29, 1.82) is 0 Å². The Hall–Kier alpha value is -1.71. The molecule has 0 aliphatic carbocycles. The number of benzene rings is 1. The third-order valence-electron chi connectivity index (χ3n) is 3.40. The molecule has 1 heterocycles. The molecule has 0 aliphatic heterocycles. The van der Waals surface area contributed by atoms with Gasteiger partial charge in [-0.1, -0.05) is 29.8 Å². The molecule has 0 spiro atoms. The van der Waals surface area contributed by atoms with Crippen LogP contribution < -0.4 is 5.73 Å². The summed E-state index contributed by atoms with van der Waals surface area (Å²) < 4.78 is 0. The highest BCUT2D eigenvalue weighted by atomic mass is 15.1. The van der Waals surface area contributed by atoms with Crippen molar-refractivity contribution in [1.82, 2.24) is 9.88 Å². The zero-order chi connectivity index (χ0) is 13.7. The molecule has 0 saturated heterocycles. The SMILES string of the molecule is Cc1ccc(C(CN)N(C)Cc2ccncc2)cc1. The molecule has 19 heavy (non-hydrogen) atoms. The second-order valence-electron chi connectivity index (χ2n) is 4.93. The number of rotatable bonds is 5. The fraction of sp³-hybridized carbons (Fsp3) is 0.312. The summed E-state index contributed by atoms with van der Waals surface area (Å²) in [6.07, 6.45) is 3.65. The molecule has 1 atom stereocenters. The van der Waals surface area contributed by atoms with E-state index in [-0.39, 0.29) is 6.04 Å². The average molecular weight is 255 g/mol. The second kappa shape index (κ2) is 6.45. The molecule has 2 rings (SSSR count). The van der Waals surface area contributed by atoms with Gasteiger partial charge < -0.3 is 5.73 Å². The Morgan fingerprint density at radius 3 is 2.32 bits per heavy atom. The van der Waals surface area contributed by atoms with E-state index in [0.29, 0.717) is 6.54 Å². The number of hydrogen-bond donors (Lipinski definition) is 1. The van der Waals surface area contributed by atoms with Gasteiger partial charge in [-0.3, -0.25) is 9.88 Å². The summed E-state index contributed by atoms with van der Waals surface area (Å²) in [5.74, 6) is 0. The Labute approximate surface area is 115 Å². The standard InChI is InChI=1S/C16H21N3/c1-13-3-5-15(6-4-13)16(11-17)19(2)12-14-7-9-18-10-8-14/h3-10,16H,11-12,17H2,1-2H3. The molecule has 0 bridgehead atoms. The van der Waals surface area contributed by atoms with Crippen LogP contribution in [-0.2, 0) is 6.54 Å². The van der Waals surface area contributed by atoms with Crippen LogP contribution in [0.2, 0.25) is 0 Å². The first-order valence-corrected chi connectivity index (χ1v) is 6.56. The number of aryl methyl sites for hydroxylation is 1. The molecule has 0 amide bonds. The monoisotopic (exact) mass is 255 g/mol. The van der Waals surface area contributed by atoms with Gasteiger partial charge in [0.2, 0.25) is 0 Å². The first kappa shape index (κ1) is 13.7. The average Bonchev–Trinajstić information content (AvgIpc) is 2.43. The van der Waals surface area contributed by atoms with Gasteiger partial charge in [-0.2, -0.15) is 0 Å². The predicted octanol–water partition coefficient (Wildman–Crippen LogP) is 2.52. The third-order valence-corrected chi connectivity index (χ3v) is 3.40. The molecule has 0 aliphatic rings. The smallest absolute Gasteiger partial charge is 0.0470 e. The largest absolute Gasteiger partial charge is 0.329 e. The molecule has 3 heteroatoms. The Bertz CT molecular complexity index is 493. The van der Waals surface area contributed by atoms with Crippen molar-refractivity contribution in [2.45, 2.75) is 19.5 Å². The molecule has 2 aromatic rings. The topological polar surface area (TPSA) is 42.1 Å². The summed E-state index contributed by atoms with van der Waals surface area (Å²) in [5.41, 5.74) is 9.74. The van der Waals surface area contributed by atoms with E-state index in [4.69, 9.17) is 5.73 Å². The van der Waals surface area contributed by atoms with Gasteiger partial charge in [0.1, 0.15) is 0 Å². The minimum atomic E-state index is 0.244. The maximum atomic E-state index is 5.94. The van der Waals surface area contributed by atoms with Crippen molar-refractivity contribution in [3.8, 4) is 0 Å². The van der Waals surface area contributed by atoms with Crippen LogP contribution in [0.1, 0.15) is 22.7 Å². The van der Waals surface area contributed by atoms with Crippen molar-refractivity contribution in [3.05, 3.63) is 65.5 Å². The van der Waals surface area contributed by atoms with Crippen molar-refractivity contribution in [2.75, 3.05) is 13.6 Å². The summed E-state index contributed by atoms with van der Waals surface area (Å²) >= 11 is 0. The lowest BCUT2D eigenvalue weighted by Crippen LogP contribution is -2.30. The van der Waals surface area contributed by atoms with Gasteiger partial charge in [0, 0.05) is 31.5 Å². The van der Waals surface area contributed by atoms with Crippen LogP contribution in [0.5, 0.6) is 0 Å². The van der Waals surface area contributed by atoms with Gasteiger partial charge in [0.05, 0.1) is 0 Å². The van der Waals surface area contributed by atoms with E-state index in [9.17, 15) is 0 Å². The van der Waals surface area contributed by atoms with Crippen molar-refractivity contribution in [3.63, 3.8) is 0 Å². The second-order valence-corrected chi connectivity index (χ2v) is 4.93. The van der Waals surface area contributed by atoms with E-state index >= 15 is 0 Å². The highest BCUT2D eigenvalue weighted by Gasteiger charge is 2.15. The van der Waals surface area contributed by atoms with Crippen molar-refractivity contribution >= 4 is 0 Å². The van der Waals surface area contributed by atoms with E-state index in [0.717, 1.165) is 6.54 Å². The number of nitrogens with two attached hydrogens (primary N) is 1. The lowest BCUT2D eigenvalue weighted by Gasteiger charge is -2.27. The molecule has 100 valence electrons. The zero-order valence-corrected chi connectivity index (χ0v) is 11.6. The minimum absolute atomic E-state index is 0.244. The van der Waals surface area contributed by atoms with Gasteiger partial charge in [-0.15, -0.1) is 0 Å². The van der Waals surface area contributed by atoms with E-state index < -0.39 is 0 Å². The highest BCUT2D eigenvalue weighted by molar-refractivity contribution is 5.24. The molecule has 2 N–H and O–H groups in total. The van der Waals surface area contributed by atoms with Gasteiger partial charge in [0.15, 0.2) is 0 Å². The number of aromatic nitrogens is 1. The Morgan fingerprint density at radius 1 is 1.11 bits per heavy atom. The molecule has 1 aromatic carbocycles. The Morgan fingerprint density at radius 2 is 1.74 bits per heavy atom. The lowest BCUT2D eigenvalue weighted by molar-refractivity contribution is 0.241. The van der Waals surface area contributed by atoms with Gasteiger partial charge in [0.25, 0.3) is 0 Å². The van der Waals surface area contributed by atoms with Crippen molar-refractivity contribution < 1.29 is 0 Å². The fourth-order valence-electron chi connectivity index (χ4n) is 2.25. The van der Waals surface area contributed by atoms with Crippen LogP contribution in [0.25, 0.3) is 0 Å². The Kier molecular flexibility index (Phi) is 4.66. The van der Waals surface area contributed by atoms with Crippen LogP contribution >= 0.6 is 0 Å². The summed E-state index contributed by atoms with van der Waals surface area (Å²) in [5, 5.41) is 0. The predicted molar refractivity (Wildman–Crippen MR) is 78.7 cm³/mol. The first-order valence-electron chi connectivity index (χ1n) is 6.56. The number of pyridine rings is 1. The highest BCUT2D eigenvalue weighted by Crippen LogP contribution is 2.20. The molecule has 0 saturated carbocycles. The summed E-state index contributed by atoms with van der Waals surface area (Å²) in [4.78, 5) is 6.32. The molecule has 3 nitrogen and oxygen atoms in total. The quantitative estimate of drug-likeness (QED) is 0.892. The van der Waals surface area contributed by atoms with E-state index in [1.807, 2.05) is 24.5 Å². The molecule has 1 aromatic heterocycles. The van der Waals surface area contributed by atoms with Gasteiger partial charge >= 0.3 is 0 Å². The number of nitrogens with zero attached hydrogens (tertiary/aromatic N) is 2. The van der Waals surface area contributed by atoms with Crippen LogP contribution in [-0.4, -0.2) is 23.5 Å². The van der Waals surface area contributed by atoms with E-state index in [1.54, 1.807) is 0 Å². The molecular formula is C16H21N3. The maximum Gasteiger partial charge on any atom is 0.0470 e. The first-order chi connectivity index (χ1) is 9.20. The third kappa shape index (κ3) is 3.63. The van der Waals surface area contributed by atoms with Crippen LogP contribution in [0.3, 0.4) is 0 Å². The fourth-order valence-corrected chi connectivity index (χ4v) is 2.25. The van der Waals surface area contributed by atoms with Gasteiger partial charge in [-0.05, 0) is 37.2 Å². The van der Waals surface area contributed by atoms with Crippen LogP contribution in [0.4, 0.5) is 0 Å². The van der Waals surface area contributed by atoms with E-state index in [2.05, 4.69) is 48.1 Å². The normalized spacial score (nSPS) is 12.6. The Balaban J connectivity index is 2.11. The molecular weight excluding hydrogens is 234 g/mol. The maximum absolute atomic E-state index is 5.94. The number of likely N-dealkylation sites (N-methyl/N-ethyl adjacent to an activating group) is 1. The van der Waals surface area contributed by atoms with Crippen LogP contribution in [0.15, 0.2) is 48.8 Å². The molecule has 0 fully saturated rings. The molecule has 1 unspecified atom stereocenters. The summed E-state index contributed by atoms with van der Waals surface area (Å²) in [7, 11) is 2.11. The molecule has 0 radical (unpaired) electrons. The lowest BCUT2D eigenvalue weighted by atomic mass is 10.0. The van der Waals surface area contributed by atoms with Crippen LogP contribution in [0, 0.1) is 6.92 Å². The minimum Gasteiger partial charge on any atom is -0.329 e. The zero-order valence-electron chi connectivity index (χ0n) is 11.6. The van der Waals surface area contributed by atoms with E-state index in [1.165, 1.54) is 16.7 Å². The van der Waals surface area contributed by atoms with Gasteiger partial charge in [-0.25, -0.2) is 0 Å². The summed E-state index contributed by atoms with van der Waals surface area (Å²) in [6, 6.07) is 12.9. The summed E-state index contributed by atoms with van der Waals surface area (Å²) in [6.45, 7) is 3.59. The van der Waals surface area contributed by atoms with Crippen molar-refractivity contribution in [2.24, 2.45) is 5.73 Å².